The number of hydrogen-bond acceptors (Lipinski definition) is 3. The van der Waals surface area contributed by atoms with Crippen molar-refractivity contribution in [2.45, 2.75) is 51.5 Å². The molecule has 1 aromatic carbocycles. The molecule has 1 aliphatic heterocycles. The van der Waals surface area contributed by atoms with E-state index in [4.69, 9.17) is 0 Å². The normalized spacial score (nSPS) is 18.9. The molecule has 0 bridgehead atoms. The second-order valence-corrected chi connectivity index (χ2v) is 8.24. The van der Waals surface area contributed by atoms with Gasteiger partial charge in [0.1, 0.15) is 5.82 Å². The van der Waals surface area contributed by atoms with Crippen LogP contribution >= 0.6 is 0 Å². The standard InChI is InChI=1S/C22H26FN3O2/c1-15-16(2)24-14-26(20(15)27)13-17-7-11-25(12-8-17)21(28)22(9-10-22)18-3-5-19(23)6-4-18/h3-6,14,17H,7-13H2,1-2H3. The summed E-state index contributed by atoms with van der Waals surface area (Å²) in [6, 6.07) is 6.35. The quantitative estimate of drug-likeness (QED) is 0.816. The van der Waals surface area contributed by atoms with Crippen LogP contribution in [0.4, 0.5) is 4.39 Å². The molecule has 1 saturated carbocycles. The van der Waals surface area contributed by atoms with Crippen LogP contribution in [0.15, 0.2) is 35.4 Å². The average molecular weight is 383 g/mol. The van der Waals surface area contributed by atoms with Gasteiger partial charge in [-0.25, -0.2) is 9.37 Å². The first-order chi connectivity index (χ1) is 13.4. The van der Waals surface area contributed by atoms with Gasteiger partial charge in [0.15, 0.2) is 0 Å². The number of hydrogen-bond donors (Lipinski definition) is 0. The van der Waals surface area contributed by atoms with Crippen LogP contribution in [0.2, 0.25) is 0 Å². The summed E-state index contributed by atoms with van der Waals surface area (Å²) in [6.07, 6.45) is 5.06. The highest BCUT2D eigenvalue weighted by Gasteiger charge is 2.53. The summed E-state index contributed by atoms with van der Waals surface area (Å²) >= 11 is 0. The Kier molecular flexibility index (Phi) is 4.81. The largest absolute Gasteiger partial charge is 0.342 e. The van der Waals surface area contributed by atoms with Crippen LogP contribution in [0.1, 0.15) is 42.5 Å². The van der Waals surface area contributed by atoms with Crippen molar-refractivity contribution in [3.8, 4) is 0 Å². The Morgan fingerprint density at radius 1 is 1.18 bits per heavy atom. The van der Waals surface area contributed by atoms with E-state index < -0.39 is 5.41 Å². The van der Waals surface area contributed by atoms with Crippen molar-refractivity contribution in [1.29, 1.82) is 0 Å². The van der Waals surface area contributed by atoms with Gasteiger partial charge in [-0.05, 0) is 63.1 Å². The van der Waals surface area contributed by atoms with Crippen LogP contribution in [-0.4, -0.2) is 33.4 Å². The van der Waals surface area contributed by atoms with Crippen LogP contribution in [-0.2, 0) is 16.8 Å². The first-order valence-electron chi connectivity index (χ1n) is 9.99. The molecule has 1 aliphatic carbocycles. The highest BCUT2D eigenvalue weighted by Crippen LogP contribution is 2.50. The van der Waals surface area contributed by atoms with Crippen LogP contribution < -0.4 is 5.56 Å². The zero-order valence-corrected chi connectivity index (χ0v) is 16.4. The molecule has 1 aromatic heterocycles. The molecule has 0 N–H and O–H groups in total. The van der Waals surface area contributed by atoms with E-state index in [1.54, 1.807) is 23.0 Å². The molecule has 6 heteroatoms. The van der Waals surface area contributed by atoms with Crippen LogP contribution in [0.5, 0.6) is 0 Å². The van der Waals surface area contributed by atoms with Gasteiger partial charge in [0.25, 0.3) is 5.56 Å². The van der Waals surface area contributed by atoms with Gasteiger partial charge in [0, 0.05) is 30.9 Å². The van der Waals surface area contributed by atoms with E-state index in [1.807, 2.05) is 18.7 Å². The maximum atomic E-state index is 13.2. The zero-order chi connectivity index (χ0) is 19.9. The highest BCUT2D eigenvalue weighted by atomic mass is 19.1. The number of amides is 1. The molecule has 0 radical (unpaired) electrons. The molecule has 0 atom stereocenters. The molecule has 1 amide bonds. The molecule has 28 heavy (non-hydrogen) atoms. The third-order valence-electron chi connectivity index (χ3n) is 6.43. The minimum absolute atomic E-state index is 0.0271. The van der Waals surface area contributed by atoms with Crippen molar-refractivity contribution in [2.24, 2.45) is 5.92 Å². The van der Waals surface area contributed by atoms with E-state index in [0.29, 0.717) is 31.1 Å². The van der Waals surface area contributed by atoms with Crippen molar-refractivity contribution >= 4 is 5.91 Å². The third kappa shape index (κ3) is 3.36. The maximum absolute atomic E-state index is 13.2. The fourth-order valence-electron chi connectivity index (χ4n) is 4.23. The number of benzene rings is 1. The van der Waals surface area contributed by atoms with E-state index in [9.17, 15) is 14.0 Å². The molecule has 2 heterocycles. The first kappa shape index (κ1) is 18.8. The molecule has 1 saturated heterocycles. The second-order valence-electron chi connectivity index (χ2n) is 8.24. The Balaban J connectivity index is 1.39. The van der Waals surface area contributed by atoms with Gasteiger partial charge >= 0.3 is 0 Å². The summed E-state index contributed by atoms with van der Waals surface area (Å²) in [4.78, 5) is 31.8. The molecule has 5 nitrogen and oxygen atoms in total. The van der Waals surface area contributed by atoms with E-state index in [2.05, 4.69) is 4.98 Å². The van der Waals surface area contributed by atoms with Gasteiger partial charge in [-0.3, -0.25) is 14.2 Å². The third-order valence-corrected chi connectivity index (χ3v) is 6.43. The topological polar surface area (TPSA) is 55.2 Å². The number of aromatic nitrogens is 2. The van der Waals surface area contributed by atoms with E-state index in [1.165, 1.54) is 12.1 Å². The predicted octanol–water partition coefficient (Wildman–Crippen LogP) is 2.97. The maximum Gasteiger partial charge on any atom is 0.256 e. The van der Waals surface area contributed by atoms with Crippen molar-refractivity contribution in [1.82, 2.24) is 14.5 Å². The monoisotopic (exact) mass is 383 g/mol. The SMILES string of the molecule is Cc1ncn(CC2CCN(C(=O)C3(c4ccc(F)cc4)CC3)CC2)c(=O)c1C. The van der Waals surface area contributed by atoms with Crippen molar-refractivity contribution in [2.75, 3.05) is 13.1 Å². The van der Waals surface area contributed by atoms with E-state index >= 15 is 0 Å². The fraction of sp³-hybridized carbons (Fsp3) is 0.500. The number of nitrogens with zero attached hydrogens (tertiary/aromatic N) is 3. The molecular formula is C22H26FN3O2. The molecule has 0 spiro atoms. The minimum Gasteiger partial charge on any atom is -0.342 e. The van der Waals surface area contributed by atoms with Crippen LogP contribution in [0.25, 0.3) is 0 Å². The molecule has 2 aromatic rings. The van der Waals surface area contributed by atoms with Gasteiger partial charge in [0.05, 0.1) is 11.7 Å². The lowest BCUT2D eigenvalue weighted by Crippen LogP contribution is -2.45. The number of carbonyl (C=O) groups excluding carboxylic acids is 1. The number of aryl methyl sites for hydroxylation is 1. The molecule has 0 unspecified atom stereocenters. The Bertz CT molecular complexity index is 939. The lowest BCUT2D eigenvalue weighted by molar-refractivity contribution is -0.135. The Morgan fingerprint density at radius 3 is 2.43 bits per heavy atom. The van der Waals surface area contributed by atoms with Gasteiger partial charge in [-0.2, -0.15) is 0 Å². The number of carbonyl (C=O) groups is 1. The molecule has 148 valence electrons. The second kappa shape index (κ2) is 7.15. The van der Waals surface area contributed by atoms with Gasteiger partial charge < -0.3 is 4.90 Å². The minimum atomic E-state index is -0.449. The van der Waals surface area contributed by atoms with Gasteiger partial charge in [0.2, 0.25) is 5.91 Å². The highest BCUT2D eigenvalue weighted by molar-refractivity contribution is 5.91. The number of likely N-dealkylation sites (tertiary alicyclic amines) is 1. The lowest BCUT2D eigenvalue weighted by atomic mass is 9.91. The van der Waals surface area contributed by atoms with Gasteiger partial charge in [-0.15, -0.1) is 0 Å². The van der Waals surface area contributed by atoms with Crippen LogP contribution in [0, 0.1) is 25.6 Å². The summed E-state index contributed by atoms with van der Waals surface area (Å²) in [5.74, 6) is 0.262. The smallest absolute Gasteiger partial charge is 0.256 e. The number of rotatable bonds is 4. The van der Waals surface area contributed by atoms with E-state index in [-0.39, 0.29) is 17.3 Å². The lowest BCUT2D eigenvalue weighted by Gasteiger charge is -2.34. The average Bonchev–Trinajstić information content (AvgIpc) is 3.51. The number of piperidine rings is 1. The summed E-state index contributed by atoms with van der Waals surface area (Å²) in [6.45, 7) is 5.73. The van der Waals surface area contributed by atoms with Crippen molar-refractivity contribution in [3.63, 3.8) is 0 Å². The molecular weight excluding hydrogens is 357 g/mol. The summed E-state index contributed by atoms with van der Waals surface area (Å²) in [5, 5.41) is 0. The Labute approximate surface area is 164 Å². The molecule has 2 fully saturated rings. The fourth-order valence-corrected chi connectivity index (χ4v) is 4.23. The first-order valence-corrected chi connectivity index (χ1v) is 9.99. The Morgan fingerprint density at radius 2 is 1.82 bits per heavy atom. The molecule has 4 rings (SSSR count). The number of halogens is 1. The zero-order valence-electron chi connectivity index (χ0n) is 16.4. The van der Waals surface area contributed by atoms with Crippen LogP contribution in [0.3, 0.4) is 0 Å². The van der Waals surface area contributed by atoms with E-state index in [0.717, 1.165) is 36.9 Å². The predicted molar refractivity (Wildman–Crippen MR) is 105 cm³/mol. The van der Waals surface area contributed by atoms with Crippen molar-refractivity contribution < 1.29 is 9.18 Å². The van der Waals surface area contributed by atoms with Gasteiger partial charge in [-0.1, -0.05) is 12.1 Å². The molecule has 2 aliphatic rings. The summed E-state index contributed by atoms with van der Waals surface area (Å²) in [5.41, 5.74) is 1.98. The summed E-state index contributed by atoms with van der Waals surface area (Å²) in [7, 11) is 0. The van der Waals surface area contributed by atoms with Crippen molar-refractivity contribution in [3.05, 3.63) is 63.6 Å². The summed E-state index contributed by atoms with van der Waals surface area (Å²) < 4.78 is 14.9. The Hall–Kier alpha value is -2.50.